The van der Waals surface area contributed by atoms with Gasteiger partial charge in [-0.1, -0.05) is 404 Å². The third kappa shape index (κ3) is 71.4. The van der Waals surface area contributed by atoms with Crippen molar-refractivity contribution in [1.29, 1.82) is 0 Å². The Morgan fingerprint density at radius 1 is 0.326 bits per heavy atom. The van der Waals surface area contributed by atoms with E-state index in [0.29, 0.717) is 25.9 Å². The van der Waals surface area contributed by atoms with Crippen LogP contribution in [0.3, 0.4) is 0 Å². The van der Waals surface area contributed by atoms with Crippen molar-refractivity contribution in [3.05, 3.63) is 24.3 Å². The van der Waals surface area contributed by atoms with Crippen molar-refractivity contribution in [2.75, 3.05) is 13.2 Å². The highest BCUT2D eigenvalue weighted by molar-refractivity contribution is 5.76. The maximum absolute atomic E-state index is 12.6. The predicted octanol–water partition coefficient (Wildman–Crippen LogP) is 26.0. The molecular weight excluding hydrogens is 1050 g/mol. The van der Waals surface area contributed by atoms with Crippen LogP contribution in [0.1, 0.15) is 450 Å². The highest BCUT2D eigenvalue weighted by Gasteiger charge is 2.20. The molecule has 0 radical (unpaired) electrons. The minimum atomic E-state index is -0.664. The molecule has 510 valence electrons. The summed E-state index contributed by atoms with van der Waals surface area (Å²) in [5, 5.41) is 23.5. The highest BCUT2D eigenvalue weighted by Crippen LogP contribution is 2.20. The van der Waals surface area contributed by atoms with Gasteiger partial charge in [-0.25, -0.2) is 0 Å². The second kappa shape index (κ2) is 75.8. The summed E-state index contributed by atoms with van der Waals surface area (Å²) in [5.41, 5.74) is 0. The molecule has 3 N–H and O–H groups in total. The van der Waals surface area contributed by atoms with Gasteiger partial charge in [0.05, 0.1) is 25.4 Å². The third-order valence-electron chi connectivity index (χ3n) is 18.8. The zero-order valence-electron chi connectivity index (χ0n) is 58.6. The van der Waals surface area contributed by atoms with Gasteiger partial charge < -0.3 is 20.3 Å². The van der Waals surface area contributed by atoms with Gasteiger partial charge >= 0.3 is 5.97 Å². The quantitative estimate of drug-likeness (QED) is 0.0320. The van der Waals surface area contributed by atoms with E-state index in [9.17, 15) is 19.8 Å². The van der Waals surface area contributed by atoms with E-state index in [0.717, 1.165) is 51.4 Å². The summed E-state index contributed by atoms with van der Waals surface area (Å²) in [6.45, 7) is 4.98. The van der Waals surface area contributed by atoms with Gasteiger partial charge in [0.25, 0.3) is 0 Å². The van der Waals surface area contributed by atoms with Crippen LogP contribution in [-0.2, 0) is 14.3 Å². The molecule has 0 fully saturated rings. The number of esters is 1. The van der Waals surface area contributed by atoms with Crippen LogP contribution in [0, 0.1) is 0 Å². The predicted molar refractivity (Wildman–Crippen MR) is 380 cm³/mol. The van der Waals surface area contributed by atoms with Crippen LogP contribution in [0.5, 0.6) is 0 Å². The van der Waals surface area contributed by atoms with Gasteiger partial charge in [-0.2, -0.15) is 0 Å². The normalized spacial score (nSPS) is 12.6. The largest absolute Gasteiger partial charge is 0.466 e. The van der Waals surface area contributed by atoms with Gasteiger partial charge in [0.2, 0.25) is 5.91 Å². The zero-order chi connectivity index (χ0) is 62.0. The lowest BCUT2D eigenvalue weighted by Gasteiger charge is -2.22. The van der Waals surface area contributed by atoms with E-state index >= 15 is 0 Å². The molecule has 0 aromatic heterocycles. The van der Waals surface area contributed by atoms with Crippen LogP contribution in [0.2, 0.25) is 0 Å². The van der Waals surface area contributed by atoms with Crippen molar-refractivity contribution in [2.24, 2.45) is 0 Å². The Hall–Kier alpha value is -1.66. The molecule has 0 bridgehead atoms. The summed E-state index contributed by atoms with van der Waals surface area (Å²) in [6, 6.07) is -0.541. The Morgan fingerprint density at radius 3 is 0.907 bits per heavy atom. The highest BCUT2D eigenvalue weighted by atomic mass is 16.5. The lowest BCUT2D eigenvalue weighted by Crippen LogP contribution is -2.45. The zero-order valence-corrected chi connectivity index (χ0v) is 58.6. The average molecular weight is 1210 g/mol. The number of hydrogen-bond acceptors (Lipinski definition) is 5. The first-order chi connectivity index (χ1) is 42.5. The first-order valence-corrected chi connectivity index (χ1v) is 39.6. The molecule has 0 aromatic rings. The molecule has 2 unspecified atom stereocenters. The molecule has 0 saturated carbocycles. The van der Waals surface area contributed by atoms with E-state index in [1.54, 1.807) is 0 Å². The van der Waals surface area contributed by atoms with Crippen molar-refractivity contribution < 1.29 is 24.5 Å². The van der Waals surface area contributed by atoms with Gasteiger partial charge in [-0.15, -0.1) is 0 Å². The maximum Gasteiger partial charge on any atom is 0.305 e. The van der Waals surface area contributed by atoms with Crippen LogP contribution in [0.15, 0.2) is 24.3 Å². The Labute approximate surface area is 539 Å². The van der Waals surface area contributed by atoms with Crippen molar-refractivity contribution >= 4 is 11.9 Å². The Kier molecular flexibility index (Phi) is 74.3. The molecule has 6 heteroatoms. The standard InChI is InChI=1S/C80H155NO5/c1-3-5-7-9-11-13-15-17-19-21-22-23-24-28-31-34-37-41-44-48-52-56-60-64-68-72-78(83)77(76-82)81-79(84)73-69-65-61-57-53-49-45-42-38-35-32-29-26-25-27-30-33-36-39-43-47-51-55-59-63-67-71-75-86-80(85)74-70-66-62-58-54-50-46-40-20-18-16-14-12-10-8-6-4-2/h12,14,18,20,77-78,82-83H,3-11,13,15-17,19,21-76H2,1-2H3,(H,81,84)/b14-12-,20-18-. The van der Waals surface area contributed by atoms with Crippen LogP contribution in [-0.4, -0.2) is 47.4 Å². The van der Waals surface area contributed by atoms with Crippen molar-refractivity contribution in [1.82, 2.24) is 5.32 Å². The minimum absolute atomic E-state index is 0.0115. The topological polar surface area (TPSA) is 95.9 Å². The van der Waals surface area contributed by atoms with Crippen LogP contribution in [0.4, 0.5) is 0 Å². The van der Waals surface area contributed by atoms with Crippen molar-refractivity contribution in [2.45, 2.75) is 463 Å². The first kappa shape index (κ1) is 84.3. The van der Waals surface area contributed by atoms with Gasteiger partial charge in [-0.3, -0.25) is 9.59 Å². The van der Waals surface area contributed by atoms with Gasteiger partial charge in [0, 0.05) is 12.8 Å². The summed E-state index contributed by atoms with van der Waals surface area (Å²) in [5.74, 6) is -0.0149. The fourth-order valence-corrected chi connectivity index (χ4v) is 12.7. The number of aliphatic hydroxyl groups excluding tert-OH is 2. The second-order valence-corrected chi connectivity index (χ2v) is 27.4. The fourth-order valence-electron chi connectivity index (χ4n) is 12.7. The number of nitrogens with one attached hydrogen (secondary N) is 1. The molecular formula is C80H155NO5. The van der Waals surface area contributed by atoms with E-state index in [2.05, 4.69) is 43.5 Å². The van der Waals surface area contributed by atoms with Crippen molar-refractivity contribution in [3.8, 4) is 0 Å². The number of ether oxygens (including phenoxy) is 1. The Morgan fingerprint density at radius 2 is 0.581 bits per heavy atom. The number of unbranched alkanes of at least 4 members (excludes halogenated alkanes) is 60. The van der Waals surface area contributed by atoms with E-state index < -0.39 is 12.1 Å². The maximum atomic E-state index is 12.6. The van der Waals surface area contributed by atoms with Gasteiger partial charge in [0.1, 0.15) is 0 Å². The number of carbonyl (C=O) groups is 2. The molecule has 0 aliphatic carbocycles. The summed E-state index contributed by atoms with van der Waals surface area (Å²) < 4.78 is 5.51. The molecule has 0 aromatic carbocycles. The number of aliphatic hydroxyl groups is 2. The molecule has 0 rings (SSSR count). The number of allylic oxidation sites excluding steroid dienone is 4. The lowest BCUT2D eigenvalue weighted by atomic mass is 10.0. The van der Waals surface area contributed by atoms with E-state index in [4.69, 9.17) is 4.74 Å². The molecule has 0 heterocycles. The molecule has 0 aliphatic rings. The molecule has 0 aliphatic heterocycles. The van der Waals surface area contributed by atoms with Crippen LogP contribution < -0.4 is 5.32 Å². The van der Waals surface area contributed by atoms with E-state index in [-0.39, 0.29) is 18.5 Å². The summed E-state index contributed by atoms with van der Waals surface area (Å²) in [4.78, 5) is 24.7. The van der Waals surface area contributed by atoms with Crippen LogP contribution in [0.25, 0.3) is 0 Å². The van der Waals surface area contributed by atoms with Gasteiger partial charge in [-0.05, 0) is 57.8 Å². The second-order valence-electron chi connectivity index (χ2n) is 27.4. The van der Waals surface area contributed by atoms with Crippen LogP contribution >= 0.6 is 0 Å². The van der Waals surface area contributed by atoms with E-state index in [1.807, 2.05) is 0 Å². The fraction of sp³-hybridized carbons (Fsp3) is 0.925. The first-order valence-electron chi connectivity index (χ1n) is 39.6. The SMILES string of the molecule is CCCCC/C=C\C/C=C\CCCCCCCCCC(=O)OCCCCCCCCCCCCCCCCCCCCCCCCCCCCCC(=O)NC(CO)C(O)CCCCCCCCCCCCCCCCCCCCCCCCCCC. The Balaban J connectivity index is 3.35. The molecule has 6 nitrogen and oxygen atoms in total. The summed E-state index contributed by atoms with van der Waals surface area (Å²) >= 11 is 0. The smallest absolute Gasteiger partial charge is 0.305 e. The minimum Gasteiger partial charge on any atom is -0.466 e. The number of rotatable bonds is 75. The summed E-state index contributed by atoms with van der Waals surface area (Å²) in [6.07, 6.45) is 96.9. The third-order valence-corrected chi connectivity index (χ3v) is 18.8. The number of hydrogen-bond donors (Lipinski definition) is 3. The molecule has 2 atom stereocenters. The molecule has 0 saturated heterocycles. The number of amides is 1. The molecule has 0 spiro atoms. The van der Waals surface area contributed by atoms with Crippen molar-refractivity contribution in [3.63, 3.8) is 0 Å². The number of carbonyl (C=O) groups excluding carboxylic acids is 2. The van der Waals surface area contributed by atoms with E-state index in [1.165, 1.54) is 366 Å². The molecule has 1 amide bonds. The molecule has 86 heavy (non-hydrogen) atoms. The average Bonchev–Trinajstić information content (AvgIpc) is 3.54. The van der Waals surface area contributed by atoms with Gasteiger partial charge in [0.15, 0.2) is 0 Å². The summed E-state index contributed by atoms with van der Waals surface area (Å²) in [7, 11) is 0. The monoisotopic (exact) mass is 1210 g/mol. The Bertz CT molecular complexity index is 1350. The lowest BCUT2D eigenvalue weighted by molar-refractivity contribution is -0.143.